The number of ether oxygens (including phenoxy) is 1. The molecule has 9 heteroatoms. The van der Waals surface area contributed by atoms with E-state index in [1.807, 2.05) is 24.3 Å². The van der Waals surface area contributed by atoms with E-state index < -0.39 is 5.92 Å². The number of halogens is 2. The number of hydrogen-bond donors (Lipinski definition) is 0. The highest BCUT2D eigenvalue weighted by Crippen LogP contribution is 2.32. The van der Waals surface area contributed by atoms with Gasteiger partial charge in [-0.05, 0) is 51.0 Å². The van der Waals surface area contributed by atoms with Gasteiger partial charge in [-0.15, -0.1) is 0 Å². The Labute approximate surface area is 203 Å². The third-order valence-electron chi connectivity index (χ3n) is 7.09. The fourth-order valence-electron chi connectivity index (χ4n) is 5.01. The molecular weight excluding hydrogens is 452 g/mol. The predicted molar refractivity (Wildman–Crippen MR) is 129 cm³/mol. The molecule has 2 aliphatic heterocycles. The van der Waals surface area contributed by atoms with Crippen LogP contribution in [0.25, 0.3) is 16.6 Å². The van der Waals surface area contributed by atoms with Gasteiger partial charge in [0.05, 0.1) is 23.6 Å². The van der Waals surface area contributed by atoms with Gasteiger partial charge in [0.2, 0.25) is 0 Å². The van der Waals surface area contributed by atoms with Crippen LogP contribution in [0.3, 0.4) is 0 Å². The van der Waals surface area contributed by atoms with Crippen LogP contribution in [0, 0.1) is 0 Å². The normalized spacial score (nSPS) is 19.4. The van der Waals surface area contributed by atoms with E-state index in [9.17, 15) is 13.6 Å². The van der Waals surface area contributed by atoms with Crippen LogP contribution in [-0.4, -0.2) is 74.5 Å². The zero-order valence-corrected chi connectivity index (χ0v) is 20.2. The molecule has 4 heterocycles. The van der Waals surface area contributed by atoms with Gasteiger partial charge in [0.1, 0.15) is 23.9 Å². The van der Waals surface area contributed by atoms with Crippen LogP contribution in [0.15, 0.2) is 43.0 Å². The molecule has 0 unspecified atom stereocenters. The summed E-state index contributed by atoms with van der Waals surface area (Å²) in [5.74, 6) is -2.23. The number of hydrogen-bond acceptors (Lipinski definition) is 5. The molecule has 0 radical (unpaired) electrons. The van der Waals surface area contributed by atoms with Gasteiger partial charge in [-0.1, -0.05) is 0 Å². The molecule has 2 fully saturated rings. The molecule has 35 heavy (non-hydrogen) atoms. The molecular formula is C26H31F2N5O2. The molecule has 7 nitrogen and oxygen atoms in total. The molecule has 0 N–H and O–H groups in total. The molecule has 1 amide bonds. The average molecular weight is 484 g/mol. The van der Waals surface area contributed by atoms with Crippen LogP contribution in [0.2, 0.25) is 0 Å². The van der Waals surface area contributed by atoms with E-state index in [1.165, 1.54) is 11.2 Å². The number of fused-ring (bicyclic) bond motifs is 1. The lowest BCUT2D eigenvalue weighted by atomic mass is 10.1. The summed E-state index contributed by atoms with van der Waals surface area (Å²) >= 11 is 0. The largest absolute Gasteiger partial charge is 0.490 e. The van der Waals surface area contributed by atoms with Gasteiger partial charge in [0.25, 0.3) is 11.8 Å². The summed E-state index contributed by atoms with van der Waals surface area (Å²) in [6.45, 7) is 6.52. The van der Waals surface area contributed by atoms with Crippen molar-refractivity contribution in [1.29, 1.82) is 0 Å². The molecule has 0 bridgehead atoms. The standard InChI is InChI=1S/C26H31F2N5O2/c1-18(2)31-9-5-21(6-10-31)35-22-3-4-23-19(13-22)14-24(33(23)20-15-29-17-30-16-20)25(34)32-11-7-26(27,28)8-12-32/h3-4,13-18,21H,5-12H2,1-2H3. The number of carbonyl (C=O) groups is 1. The minimum atomic E-state index is -2.71. The molecule has 2 saturated heterocycles. The number of rotatable bonds is 5. The average Bonchev–Trinajstić information content (AvgIpc) is 3.23. The first-order chi connectivity index (χ1) is 16.8. The van der Waals surface area contributed by atoms with E-state index in [0.717, 1.165) is 42.6 Å². The zero-order chi connectivity index (χ0) is 24.6. The van der Waals surface area contributed by atoms with Crippen molar-refractivity contribution < 1.29 is 18.3 Å². The summed E-state index contributed by atoms with van der Waals surface area (Å²) in [6.07, 6.45) is 6.18. The molecule has 186 valence electrons. The van der Waals surface area contributed by atoms with Crippen molar-refractivity contribution in [2.75, 3.05) is 26.2 Å². The highest BCUT2D eigenvalue weighted by Gasteiger charge is 2.36. The number of aromatic nitrogens is 3. The number of nitrogens with zero attached hydrogens (tertiary/aromatic N) is 5. The highest BCUT2D eigenvalue weighted by molar-refractivity contribution is 6.00. The van der Waals surface area contributed by atoms with Crippen LogP contribution in [0.4, 0.5) is 8.78 Å². The second-order valence-electron chi connectivity index (χ2n) is 9.78. The maximum absolute atomic E-state index is 13.7. The van der Waals surface area contributed by atoms with Gasteiger partial charge < -0.3 is 19.1 Å². The summed E-state index contributed by atoms with van der Waals surface area (Å²) in [7, 11) is 0. The first-order valence-electron chi connectivity index (χ1n) is 12.3. The van der Waals surface area contributed by atoms with Crippen LogP contribution < -0.4 is 4.74 Å². The number of alkyl halides is 2. The smallest absolute Gasteiger partial charge is 0.270 e. The number of likely N-dealkylation sites (tertiary alicyclic amines) is 2. The lowest BCUT2D eigenvalue weighted by molar-refractivity contribution is -0.0495. The summed E-state index contributed by atoms with van der Waals surface area (Å²) in [5, 5.41) is 0.844. The Balaban J connectivity index is 1.43. The van der Waals surface area contributed by atoms with Crippen LogP contribution in [-0.2, 0) is 0 Å². The SMILES string of the molecule is CC(C)N1CCC(Oc2ccc3c(c2)cc(C(=O)N2CCC(F)(F)CC2)n3-c2cncnc2)CC1. The first-order valence-corrected chi connectivity index (χ1v) is 12.3. The second-order valence-corrected chi connectivity index (χ2v) is 9.78. The van der Waals surface area contributed by atoms with Crippen LogP contribution >= 0.6 is 0 Å². The van der Waals surface area contributed by atoms with E-state index in [0.29, 0.717) is 17.4 Å². The van der Waals surface area contributed by atoms with Crippen molar-refractivity contribution in [3.63, 3.8) is 0 Å². The molecule has 3 aromatic rings. The number of carbonyl (C=O) groups excluding carboxylic acids is 1. The second kappa shape index (κ2) is 9.53. The molecule has 0 spiro atoms. The van der Waals surface area contributed by atoms with Crippen molar-refractivity contribution in [1.82, 2.24) is 24.3 Å². The fraction of sp³-hybridized carbons (Fsp3) is 0.500. The molecule has 2 aromatic heterocycles. The molecule has 2 aliphatic rings. The Bertz CT molecular complexity index is 1180. The first kappa shape index (κ1) is 23.7. The maximum atomic E-state index is 13.7. The molecule has 1 aromatic carbocycles. The van der Waals surface area contributed by atoms with Crippen LogP contribution in [0.5, 0.6) is 5.75 Å². The Morgan fingerprint density at radius 2 is 1.74 bits per heavy atom. The number of piperidine rings is 2. The van der Waals surface area contributed by atoms with Crippen molar-refractivity contribution in [2.24, 2.45) is 0 Å². The molecule has 0 saturated carbocycles. The minimum absolute atomic E-state index is 0.0298. The number of amides is 1. The van der Waals surface area contributed by atoms with Gasteiger partial charge in [-0.2, -0.15) is 0 Å². The maximum Gasteiger partial charge on any atom is 0.270 e. The summed E-state index contributed by atoms with van der Waals surface area (Å²) in [4.78, 5) is 25.6. The monoisotopic (exact) mass is 483 g/mol. The third kappa shape index (κ3) is 5.00. The highest BCUT2D eigenvalue weighted by atomic mass is 19.3. The summed E-state index contributed by atoms with van der Waals surface area (Å²) in [6, 6.07) is 8.16. The Morgan fingerprint density at radius 1 is 1.06 bits per heavy atom. The van der Waals surface area contributed by atoms with Gasteiger partial charge in [-0.25, -0.2) is 18.7 Å². The topological polar surface area (TPSA) is 63.5 Å². The predicted octanol–water partition coefficient (Wildman–Crippen LogP) is 4.54. The van der Waals surface area contributed by atoms with Crippen molar-refractivity contribution in [3.05, 3.63) is 48.7 Å². The van der Waals surface area contributed by atoms with Gasteiger partial charge >= 0.3 is 0 Å². The Morgan fingerprint density at radius 3 is 2.40 bits per heavy atom. The molecule has 0 aliphatic carbocycles. The van der Waals surface area contributed by atoms with E-state index >= 15 is 0 Å². The van der Waals surface area contributed by atoms with Crippen molar-refractivity contribution in [2.45, 2.75) is 57.6 Å². The van der Waals surface area contributed by atoms with Crippen molar-refractivity contribution in [3.8, 4) is 11.4 Å². The summed E-state index contributed by atoms with van der Waals surface area (Å²) in [5.41, 5.74) is 1.86. The number of benzene rings is 1. The Hall–Kier alpha value is -3.07. The van der Waals surface area contributed by atoms with E-state index in [2.05, 4.69) is 28.7 Å². The van der Waals surface area contributed by atoms with Gasteiger partial charge in [-0.3, -0.25) is 4.79 Å². The Kier molecular flexibility index (Phi) is 6.44. The van der Waals surface area contributed by atoms with Crippen LogP contribution in [0.1, 0.15) is 50.0 Å². The minimum Gasteiger partial charge on any atom is -0.490 e. The summed E-state index contributed by atoms with van der Waals surface area (Å²) < 4.78 is 35.5. The van der Waals surface area contributed by atoms with Gasteiger partial charge in [0.15, 0.2) is 0 Å². The van der Waals surface area contributed by atoms with E-state index in [4.69, 9.17) is 4.74 Å². The van der Waals surface area contributed by atoms with Crippen molar-refractivity contribution >= 4 is 16.8 Å². The van der Waals surface area contributed by atoms with E-state index in [-0.39, 0.29) is 37.9 Å². The molecule has 5 rings (SSSR count). The lowest BCUT2D eigenvalue weighted by Gasteiger charge is -2.34. The van der Waals surface area contributed by atoms with Gasteiger partial charge in [0, 0.05) is 50.4 Å². The third-order valence-corrected chi connectivity index (χ3v) is 7.09. The quantitative estimate of drug-likeness (QED) is 0.533. The molecule has 0 atom stereocenters. The van der Waals surface area contributed by atoms with E-state index in [1.54, 1.807) is 17.0 Å². The fourth-order valence-corrected chi connectivity index (χ4v) is 5.01. The lowest BCUT2D eigenvalue weighted by Crippen LogP contribution is -2.43. The zero-order valence-electron chi connectivity index (χ0n) is 20.2.